The van der Waals surface area contributed by atoms with Crippen LogP contribution in [0.3, 0.4) is 0 Å². The molecule has 1 aliphatic heterocycles. The zero-order valence-electron chi connectivity index (χ0n) is 11.9. The fourth-order valence-electron chi connectivity index (χ4n) is 2.60. The van der Waals surface area contributed by atoms with E-state index in [1.165, 1.54) is 0 Å². The number of carbonyl (C=O) groups excluding carboxylic acids is 1. The van der Waals surface area contributed by atoms with E-state index >= 15 is 0 Å². The van der Waals surface area contributed by atoms with Gasteiger partial charge in [0.05, 0.1) is 11.5 Å². The summed E-state index contributed by atoms with van der Waals surface area (Å²) in [6.07, 6.45) is 1.53. The first-order chi connectivity index (χ1) is 8.93. The van der Waals surface area contributed by atoms with Crippen LogP contribution in [0.1, 0.15) is 41.3 Å². The van der Waals surface area contributed by atoms with Gasteiger partial charge in [-0.25, -0.2) is 0 Å². The summed E-state index contributed by atoms with van der Waals surface area (Å²) in [5.41, 5.74) is 2.72. The Kier molecular flexibility index (Phi) is 3.61. The zero-order valence-corrected chi connectivity index (χ0v) is 11.9. The molecular formula is C16H20N2O. The molecule has 0 unspecified atom stereocenters. The van der Waals surface area contributed by atoms with E-state index in [2.05, 4.69) is 12.1 Å². The lowest BCUT2D eigenvalue weighted by Crippen LogP contribution is -2.41. The van der Waals surface area contributed by atoms with Crippen LogP contribution in [-0.4, -0.2) is 23.9 Å². The van der Waals surface area contributed by atoms with Crippen molar-refractivity contribution in [2.75, 3.05) is 13.1 Å². The van der Waals surface area contributed by atoms with Gasteiger partial charge in [-0.2, -0.15) is 5.26 Å². The number of rotatable bonds is 1. The molecule has 0 spiro atoms. The number of piperidine rings is 1. The Balaban J connectivity index is 2.12. The molecule has 1 amide bonds. The topological polar surface area (TPSA) is 44.1 Å². The van der Waals surface area contributed by atoms with Crippen LogP contribution < -0.4 is 0 Å². The lowest BCUT2D eigenvalue weighted by Gasteiger charge is -2.35. The maximum absolute atomic E-state index is 12.4. The largest absolute Gasteiger partial charge is 0.339 e. The van der Waals surface area contributed by atoms with E-state index in [-0.39, 0.29) is 11.3 Å². The second kappa shape index (κ2) is 5.05. The first-order valence-corrected chi connectivity index (χ1v) is 6.72. The highest BCUT2D eigenvalue weighted by Crippen LogP contribution is 2.30. The molecule has 3 nitrogen and oxygen atoms in total. The first kappa shape index (κ1) is 13.6. The summed E-state index contributed by atoms with van der Waals surface area (Å²) in [5, 5.41) is 9.11. The van der Waals surface area contributed by atoms with Gasteiger partial charge in [0, 0.05) is 18.7 Å². The highest BCUT2D eigenvalue weighted by atomic mass is 16.2. The van der Waals surface area contributed by atoms with E-state index in [4.69, 9.17) is 5.26 Å². The van der Waals surface area contributed by atoms with Gasteiger partial charge in [0.25, 0.3) is 5.91 Å². The third-order valence-corrected chi connectivity index (χ3v) is 3.89. The standard InChI is InChI=1S/C16H20N2O/c1-12-8-13(2)10-14(9-12)15(19)18-6-4-16(3,11-17)5-7-18/h8-10H,4-7H2,1-3H3. The molecule has 0 N–H and O–H groups in total. The van der Waals surface area contributed by atoms with E-state index in [9.17, 15) is 4.79 Å². The van der Waals surface area contributed by atoms with Crippen LogP contribution in [0, 0.1) is 30.6 Å². The van der Waals surface area contributed by atoms with Gasteiger partial charge < -0.3 is 4.90 Å². The normalized spacial score (nSPS) is 17.9. The summed E-state index contributed by atoms with van der Waals surface area (Å²) in [6, 6.07) is 8.30. The molecule has 0 radical (unpaired) electrons. The molecular weight excluding hydrogens is 236 g/mol. The van der Waals surface area contributed by atoms with E-state index in [1.807, 2.05) is 37.8 Å². The summed E-state index contributed by atoms with van der Waals surface area (Å²) in [7, 11) is 0. The van der Waals surface area contributed by atoms with E-state index in [0.717, 1.165) is 29.5 Å². The molecule has 0 saturated carbocycles. The van der Waals surface area contributed by atoms with Crippen LogP contribution >= 0.6 is 0 Å². The molecule has 19 heavy (non-hydrogen) atoms. The molecule has 100 valence electrons. The Morgan fingerprint density at radius 3 is 2.21 bits per heavy atom. The quantitative estimate of drug-likeness (QED) is 0.775. The van der Waals surface area contributed by atoms with Crippen molar-refractivity contribution in [2.24, 2.45) is 5.41 Å². The summed E-state index contributed by atoms with van der Waals surface area (Å²) in [5.74, 6) is 0.0896. The number of nitrogens with zero attached hydrogens (tertiary/aromatic N) is 2. The van der Waals surface area contributed by atoms with Crippen molar-refractivity contribution >= 4 is 5.91 Å². The predicted molar refractivity (Wildman–Crippen MR) is 74.8 cm³/mol. The minimum absolute atomic E-state index is 0.0896. The van der Waals surface area contributed by atoms with Gasteiger partial charge in [-0.1, -0.05) is 17.2 Å². The molecule has 1 heterocycles. The molecule has 0 aliphatic carbocycles. The van der Waals surface area contributed by atoms with Crippen molar-refractivity contribution in [3.63, 3.8) is 0 Å². The maximum Gasteiger partial charge on any atom is 0.253 e. The number of aryl methyl sites for hydroxylation is 2. The lowest BCUT2D eigenvalue weighted by atomic mass is 9.82. The monoisotopic (exact) mass is 256 g/mol. The van der Waals surface area contributed by atoms with Gasteiger partial charge in [0.1, 0.15) is 0 Å². The predicted octanol–water partition coefficient (Wildman–Crippen LogP) is 3.07. The van der Waals surface area contributed by atoms with Gasteiger partial charge in [0.2, 0.25) is 0 Å². The van der Waals surface area contributed by atoms with Gasteiger partial charge in [-0.3, -0.25) is 4.79 Å². The summed E-state index contributed by atoms with van der Waals surface area (Å²) in [6.45, 7) is 7.34. The van der Waals surface area contributed by atoms with Crippen LogP contribution in [0.5, 0.6) is 0 Å². The Bertz CT molecular complexity index is 514. The minimum atomic E-state index is -0.265. The van der Waals surface area contributed by atoms with Crippen molar-refractivity contribution in [1.82, 2.24) is 4.90 Å². The van der Waals surface area contributed by atoms with E-state index in [1.54, 1.807) is 0 Å². The number of hydrogen-bond donors (Lipinski definition) is 0. The van der Waals surface area contributed by atoms with Crippen molar-refractivity contribution < 1.29 is 4.79 Å². The molecule has 1 aliphatic rings. The number of benzene rings is 1. The second-order valence-corrected chi connectivity index (χ2v) is 5.84. The van der Waals surface area contributed by atoms with Crippen molar-refractivity contribution in [3.05, 3.63) is 34.9 Å². The number of carbonyl (C=O) groups is 1. The molecule has 0 bridgehead atoms. The van der Waals surface area contributed by atoms with Crippen LogP contribution in [-0.2, 0) is 0 Å². The molecule has 1 saturated heterocycles. The summed E-state index contributed by atoms with van der Waals surface area (Å²) >= 11 is 0. The molecule has 2 rings (SSSR count). The smallest absolute Gasteiger partial charge is 0.253 e. The van der Waals surface area contributed by atoms with Crippen molar-refractivity contribution in [1.29, 1.82) is 5.26 Å². The maximum atomic E-state index is 12.4. The van der Waals surface area contributed by atoms with Crippen molar-refractivity contribution in [3.8, 4) is 6.07 Å². The molecule has 1 aromatic rings. The molecule has 0 aromatic heterocycles. The molecule has 3 heteroatoms. The number of likely N-dealkylation sites (tertiary alicyclic amines) is 1. The SMILES string of the molecule is Cc1cc(C)cc(C(=O)N2CCC(C)(C#N)CC2)c1. The fraction of sp³-hybridized carbons (Fsp3) is 0.500. The molecule has 1 fully saturated rings. The van der Waals surface area contributed by atoms with Gasteiger partial charge in [-0.05, 0) is 45.7 Å². The highest BCUT2D eigenvalue weighted by molar-refractivity contribution is 5.94. The zero-order chi connectivity index (χ0) is 14.0. The highest BCUT2D eigenvalue weighted by Gasteiger charge is 2.32. The fourth-order valence-corrected chi connectivity index (χ4v) is 2.60. The Morgan fingerprint density at radius 2 is 1.74 bits per heavy atom. The van der Waals surface area contributed by atoms with Gasteiger partial charge >= 0.3 is 0 Å². The number of nitriles is 1. The molecule has 0 atom stereocenters. The Labute approximate surface area is 114 Å². The minimum Gasteiger partial charge on any atom is -0.339 e. The third-order valence-electron chi connectivity index (χ3n) is 3.89. The lowest BCUT2D eigenvalue weighted by molar-refractivity contribution is 0.0661. The average molecular weight is 256 g/mol. The van der Waals surface area contributed by atoms with Gasteiger partial charge in [-0.15, -0.1) is 0 Å². The van der Waals surface area contributed by atoms with Gasteiger partial charge in [0.15, 0.2) is 0 Å². The summed E-state index contributed by atoms with van der Waals surface area (Å²) in [4.78, 5) is 14.3. The van der Waals surface area contributed by atoms with E-state index < -0.39 is 0 Å². The van der Waals surface area contributed by atoms with Crippen LogP contribution in [0.2, 0.25) is 0 Å². The second-order valence-electron chi connectivity index (χ2n) is 5.84. The van der Waals surface area contributed by atoms with Crippen molar-refractivity contribution in [2.45, 2.75) is 33.6 Å². The third kappa shape index (κ3) is 2.96. The summed E-state index contributed by atoms with van der Waals surface area (Å²) < 4.78 is 0. The number of amides is 1. The van der Waals surface area contributed by atoms with Crippen LogP contribution in [0.25, 0.3) is 0 Å². The number of hydrogen-bond acceptors (Lipinski definition) is 2. The average Bonchev–Trinajstić information content (AvgIpc) is 2.38. The Hall–Kier alpha value is -1.82. The van der Waals surface area contributed by atoms with Crippen LogP contribution in [0.15, 0.2) is 18.2 Å². The first-order valence-electron chi connectivity index (χ1n) is 6.72. The Morgan fingerprint density at radius 1 is 1.21 bits per heavy atom. The van der Waals surface area contributed by atoms with E-state index in [0.29, 0.717) is 13.1 Å². The molecule has 1 aromatic carbocycles. The van der Waals surface area contributed by atoms with Crippen LogP contribution in [0.4, 0.5) is 0 Å².